The molecule has 1 fully saturated rings. The van der Waals surface area contributed by atoms with E-state index in [9.17, 15) is 9.59 Å². The van der Waals surface area contributed by atoms with Crippen LogP contribution in [0.1, 0.15) is 44.2 Å². The number of Topliss-reactive ketones (excluding diaryl/α,β-unsaturated/α-hetero) is 1. The maximum Gasteiger partial charge on any atom is 0.290 e. The van der Waals surface area contributed by atoms with Crippen molar-refractivity contribution in [2.24, 2.45) is 5.92 Å². The topological polar surface area (TPSA) is 65.1 Å². The van der Waals surface area contributed by atoms with Gasteiger partial charge in [-0.1, -0.05) is 19.1 Å². The number of hydrogen-bond donors (Lipinski definition) is 0. The lowest BCUT2D eigenvalue weighted by atomic mass is 9.77. The van der Waals surface area contributed by atoms with Crippen LogP contribution in [0, 0.1) is 5.92 Å². The van der Waals surface area contributed by atoms with Crippen LogP contribution in [-0.4, -0.2) is 54.9 Å². The van der Waals surface area contributed by atoms with E-state index in [4.69, 9.17) is 25.8 Å². The Morgan fingerprint density at radius 1 is 1.17 bits per heavy atom. The van der Waals surface area contributed by atoms with Crippen LogP contribution in [-0.2, 0) is 19.1 Å². The minimum Gasteiger partial charge on any atom is -0.494 e. The van der Waals surface area contributed by atoms with Crippen molar-refractivity contribution in [3.63, 3.8) is 0 Å². The molecular weight excluding hydrogens is 406 g/mol. The van der Waals surface area contributed by atoms with Gasteiger partial charge < -0.3 is 19.1 Å². The van der Waals surface area contributed by atoms with Crippen molar-refractivity contribution in [2.75, 3.05) is 26.9 Å². The van der Waals surface area contributed by atoms with Gasteiger partial charge in [-0.25, -0.2) is 0 Å². The van der Waals surface area contributed by atoms with Crippen molar-refractivity contribution in [1.29, 1.82) is 0 Å². The molecule has 4 atom stereocenters. The Kier molecular flexibility index (Phi) is 6.34. The van der Waals surface area contributed by atoms with Gasteiger partial charge in [-0.2, -0.15) is 0 Å². The number of nitrogens with zero attached hydrogens (tertiary/aromatic N) is 1. The summed E-state index contributed by atoms with van der Waals surface area (Å²) >= 11 is 6.35. The van der Waals surface area contributed by atoms with E-state index in [1.54, 1.807) is 12.0 Å². The maximum atomic E-state index is 13.5. The predicted octanol–water partition coefficient (Wildman–Crippen LogP) is 3.63. The molecule has 7 heteroatoms. The molecule has 4 unspecified atom stereocenters. The summed E-state index contributed by atoms with van der Waals surface area (Å²) in [6.07, 6.45) is 2.74. The Bertz CT molecular complexity index is 837. The second-order valence-corrected chi connectivity index (χ2v) is 8.71. The van der Waals surface area contributed by atoms with Crippen molar-refractivity contribution in [1.82, 2.24) is 4.90 Å². The molecule has 2 heterocycles. The number of carbonyl (C=O) groups is 2. The standard InChI is InChI=1S/C23H28ClNO5/c1-3-11-29-16-7-4-14(5-8-16)20-19-21(26)17-13-15(24)6-9-18(17)30-22(19)23(27)25(20)10-12-28-2/h4-5,7-8,15,17-18,20H,3,6,9-13H2,1-2H3. The molecule has 2 aliphatic heterocycles. The van der Waals surface area contributed by atoms with Crippen LogP contribution in [0.4, 0.5) is 0 Å². The zero-order valence-corrected chi connectivity index (χ0v) is 18.2. The molecule has 6 nitrogen and oxygen atoms in total. The molecule has 0 saturated heterocycles. The van der Waals surface area contributed by atoms with Gasteiger partial charge in [0, 0.05) is 19.0 Å². The first kappa shape index (κ1) is 21.2. The number of halogens is 1. The van der Waals surface area contributed by atoms with Gasteiger partial charge in [0.25, 0.3) is 5.91 Å². The highest BCUT2D eigenvalue weighted by atomic mass is 35.5. The minimum atomic E-state index is -0.480. The second-order valence-electron chi connectivity index (χ2n) is 8.09. The Morgan fingerprint density at radius 3 is 2.63 bits per heavy atom. The molecule has 162 valence electrons. The van der Waals surface area contributed by atoms with E-state index in [0.29, 0.717) is 38.2 Å². The van der Waals surface area contributed by atoms with Gasteiger partial charge in [0.05, 0.1) is 30.7 Å². The number of hydrogen-bond acceptors (Lipinski definition) is 5. The molecule has 1 saturated carbocycles. The van der Waals surface area contributed by atoms with E-state index >= 15 is 0 Å². The third-order valence-corrected chi connectivity index (χ3v) is 6.48. The van der Waals surface area contributed by atoms with E-state index in [-0.39, 0.29) is 34.8 Å². The summed E-state index contributed by atoms with van der Waals surface area (Å²) in [6, 6.07) is 7.13. The third kappa shape index (κ3) is 3.83. The van der Waals surface area contributed by atoms with Crippen LogP contribution in [0.15, 0.2) is 35.6 Å². The van der Waals surface area contributed by atoms with Gasteiger partial charge in [-0.05, 0) is 43.4 Å². The molecule has 0 bridgehead atoms. The maximum absolute atomic E-state index is 13.5. The van der Waals surface area contributed by atoms with Crippen molar-refractivity contribution in [3.05, 3.63) is 41.2 Å². The van der Waals surface area contributed by atoms with Crippen molar-refractivity contribution in [3.8, 4) is 5.75 Å². The molecule has 0 N–H and O–H groups in total. The first-order valence-electron chi connectivity index (χ1n) is 10.7. The van der Waals surface area contributed by atoms with Crippen molar-refractivity contribution >= 4 is 23.3 Å². The van der Waals surface area contributed by atoms with E-state index in [1.165, 1.54) is 0 Å². The highest BCUT2D eigenvalue weighted by molar-refractivity contribution is 6.21. The fourth-order valence-electron chi connectivity index (χ4n) is 4.60. The molecule has 0 aromatic heterocycles. The SMILES string of the molecule is CCCOc1ccc(C2C3=C(OC4CCC(Cl)CC4C3=O)C(=O)N2CCOC)cc1. The van der Waals surface area contributed by atoms with E-state index in [2.05, 4.69) is 6.92 Å². The first-order valence-corrected chi connectivity index (χ1v) is 11.1. The molecule has 1 amide bonds. The molecule has 1 aromatic carbocycles. The summed E-state index contributed by atoms with van der Waals surface area (Å²) in [7, 11) is 1.60. The van der Waals surface area contributed by atoms with Crippen LogP contribution < -0.4 is 4.74 Å². The largest absolute Gasteiger partial charge is 0.494 e. The Labute approximate surface area is 182 Å². The highest BCUT2D eigenvalue weighted by Crippen LogP contribution is 2.47. The number of ether oxygens (including phenoxy) is 3. The van der Waals surface area contributed by atoms with Gasteiger partial charge in [-0.3, -0.25) is 9.59 Å². The molecule has 3 aliphatic rings. The normalized spacial score (nSPS) is 28.3. The van der Waals surface area contributed by atoms with Gasteiger partial charge >= 0.3 is 0 Å². The van der Waals surface area contributed by atoms with E-state index in [1.807, 2.05) is 24.3 Å². The zero-order chi connectivity index (χ0) is 21.3. The molecule has 1 aliphatic carbocycles. The number of rotatable bonds is 7. The predicted molar refractivity (Wildman–Crippen MR) is 112 cm³/mol. The molecule has 30 heavy (non-hydrogen) atoms. The van der Waals surface area contributed by atoms with Crippen LogP contribution in [0.5, 0.6) is 5.75 Å². The molecule has 1 aromatic rings. The smallest absolute Gasteiger partial charge is 0.290 e. The lowest BCUT2D eigenvalue weighted by Gasteiger charge is -2.37. The summed E-state index contributed by atoms with van der Waals surface area (Å²) in [5, 5.41) is -0.0314. The molecule has 0 spiro atoms. The summed E-state index contributed by atoms with van der Waals surface area (Å²) in [4.78, 5) is 28.4. The van der Waals surface area contributed by atoms with Crippen LogP contribution in [0.25, 0.3) is 0 Å². The average molecular weight is 434 g/mol. The van der Waals surface area contributed by atoms with Crippen molar-refractivity contribution < 1.29 is 23.8 Å². The highest BCUT2D eigenvalue weighted by Gasteiger charge is 2.52. The Morgan fingerprint density at radius 2 is 1.93 bits per heavy atom. The molecule has 4 rings (SSSR count). The van der Waals surface area contributed by atoms with Gasteiger partial charge in [0.2, 0.25) is 0 Å². The summed E-state index contributed by atoms with van der Waals surface area (Å²) in [5.74, 6) is 0.451. The molecular formula is C23H28ClNO5. The molecule has 0 radical (unpaired) electrons. The quantitative estimate of drug-likeness (QED) is 0.614. The average Bonchev–Trinajstić information content (AvgIpc) is 3.03. The monoisotopic (exact) mass is 433 g/mol. The Balaban J connectivity index is 1.69. The third-order valence-electron chi connectivity index (χ3n) is 6.08. The minimum absolute atomic E-state index is 0.00354. The zero-order valence-electron chi connectivity index (χ0n) is 17.4. The number of fused-ring (bicyclic) bond motifs is 1. The lowest BCUT2D eigenvalue weighted by molar-refractivity contribution is -0.135. The summed E-state index contributed by atoms with van der Waals surface area (Å²) < 4.78 is 17.0. The number of amides is 1. The lowest BCUT2D eigenvalue weighted by Crippen LogP contribution is -2.41. The summed E-state index contributed by atoms with van der Waals surface area (Å²) in [5.41, 5.74) is 1.33. The number of methoxy groups -OCH3 is 1. The number of alkyl halides is 1. The van der Waals surface area contributed by atoms with E-state index in [0.717, 1.165) is 24.2 Å². The van der Waals surface area contributed by atoms with Crippen LogP contribution in [0.3, 0.4) is 0 Å². The van der Waals surface area contributed by atoms with Crippen molar-refractivity contribution in [2.45, 2.75) is 50.1 Å². The first-order chi connectivity index (χ1) is 14.5. The van der Waals surface area contributed by atoms with Crippen LogP contribution in [0.2, 0.25) is 0 Å². The number of ketones is 1. The number of carbonyl (C=O) groups excluding carboxylic acids is 2. The fourth-order valence-corrected chi connectivity index (χ4v) is 4.91. The number of benzene rings is 1. The van der Waals surface area contributed by atoms with E-state index < -0.39 is 6.04 Å². The Hall–Kier alpha value is -2.05. The summed E-state index contributed by atoms with van der Waals surface area (Å²) in [6.45, 7) is 3.46. The van der Waals surface area contributed by atoms with Gasteiger partial charge in [0.1, 0.15) is 11.9 Å². The van der Waals surface area contributed by atoms with Crippen LogP contribution >= 0.6 is 11.6 Å². The second kappa shape index (κ2) is 8.98. The fraction of sp³-hybridized carbons (Fsp3) is 0.565. The van der Waals surface area contributed by atoms with Gasteiger partial charge in [-0.15, -0.1) is 11.6 Å². The van der Waals surface area contributed by atoms with Gasteiger partial charge in [0.15, 0.2) is 11.5 Å².